The summed E-state index contributed by atoms with van der Waals surface area (Å²) < 4.78 is 30.9. The number of nitrogens with zero attached hydrogens (tertiary/aromatic N) is 5. The zero-order valence-electron chi connectivity index (χ0n) is 33.1. The summed E-state index contributed by atoms with van der Waals surface area (Å²) in [7, 11) is -3.51. The van der Waals surface area contributed by atoms with Gasteiger partial charge >= 0.3 is 0 Å². The largest absolute Gasteiger partial charge is 0.507 e. The number of nitrogen functional groups attached to an aromatic ring is 2. The quantitative estimate of drug-likeness (QED) is 0.0188. The third-order valence-corrected chi connectivity index (χ3v) is 13.6. The summed E-state index contributed by atoms with van der Waals surface area (Å²) in [4.78, 5) is 7.25. The third-order valence-electron chi connectivity index (χ3n) is 9.51. The van der Waals surface area contributed by atoms with Crippen LogP contribution in [0.1, 0.15) is 11.1 Å². The van der Waals surface area contributed by atoms with Crippen LogP contribution in [0.3, 0.4) is 0 Å². The maximum Gasteiger partial charge on any atom is 0.179 e. The second-order valence-electron chi connectivity index (χ2n) is 13.6. The van der Waals surface area contributed by atoms with Gasteiger partial charge in [-0.2, -0.15) is 5.11 Å². The van der Waals surface area contributed by atoms with Crippen LogP contribution >= 0.6 is 75.3 Å². The lowest BCUT2D eigenvalue weighted by Gasteiger charge is -2.14. The molecule has 0 heterocycles. The minimum Gasteiger partial charge on any atom is -0.507 e. The molecule has 0 atom stereocenters. The van der Waals surface area contributed by atoms with Gasteiger partial charge < -0.3 is 21.3 Å². The fraction of sp³-hybridized carbons (Fsp3) is 0.0930. The van der Waals surface area contributed by atoms with Crippen molar-refractivity contribution in [1.82, 2.24) is 4.72 Å². The first-order valence-electron chi connectivity index (χ1n) is 18.4. The van der Waals surface area contributed by atoms with Gasteiger partial charge in [0.05, 0.1) is 33.4 Å². The summed E-state index contributed by atoms with van der Waals surface area (Å²) in [5.41, 5.74) is 19.0. The van der Waals surface area contributed by atoms with Crippen LogP contribution in [0.2, 0.25) is 0 Å². The van der Waals surface area contributed by atoms with Gasteiger partial charge in [-0.1, -0.05) is 12.8 Å². The van der Waals surface area contributed by atoms with E-state index in [1.54, 1.807) is 18.2 Å². The molecule has 12 nitrogen and oxygen atoms in total. The van der Waals surface area contributed by atoms with Crippen LogP contribution in [-0.4, -0.2) is 32.5 Å². The van der Waals surface area contributed by atoms with Gasteiger partial charge in [-0.25, -0.2) is 8.42 Å². The molecule has 0 radical (unpaired) electrons. The summed E-state index contributed by atoms with van der Waals surface area (Å²) in [6.45, 7) is 7.56. The molecule has 0 saturated carbocycles. The molecule has 0 spiro atoms. The molecule has 318 valence electrons. The van der Waals surface area contributed by atoms with Crippen molar-refractivity contribution in [3.63, 3.8) is 0 Å². The highest BCUT2D eigenvalue weighted by Gasteiger charge is 2.18. The maximum atomic E-state index is 12.5. The second-order valence-corrected chi connectivity index (χ2v) is 18.9. The highest BCUT2D eigenvalue weighted by Crippen LogP contribution is 2.44. The predicted octanol–water partition coefficient (Wildman–Crippen LogP) is 12.8. The normalized spacial score (nSPS) is 11.7. The van der Waals surface area contributed by atoms with E-state index in [9.17, 15) is 13.5 Å². The first kappa shape index (κ1) is 46.6. The number of phenolic OH excluding ortho intramolecular Hbond substituents is 1. The van der Waals surface area contributed by atoms with Crippen LogP contribution < -0.4 is 20.9 Å². The van der Waals surface area contributed by atoms with Gasteiger partial charge in [-0.05, 0) is 158 Å². The Morgan fingerprint density at radius 3 is 2.05 bits per heavy atom. The summed E-state index contributed by atoms with van der Waals surface area (Å²) in [5, 5.41) is 30.6. The lowest BCUT2D eigenvalue weighted by Crippen LogP contribution is -2.16. The van der Waals surface area contributed by atoms with Gasteiger partial charge in [-0.3, -0.25) is 9.71 Å². The van der Waals surface area contributed by atoms with Crippen molar-refractivity contribution in [1.29, 1.82) is 0 Å². The van der Waals surface area contributed by atoms with Crippen molar-refractivity contribution >= 4 is 159 Å². The highest BCUT2D eigenvalue weighted by molar-refractivity contribution is 8.00. The minimum atomic E-state index is -3.51. The number of sulfone groups is 1. The van der Waals surface area contributed by atoms with Crippen LogP contribution in [0.5, 0.6) is 5.75 Å². The molecule has 0 aromatic heterocycles. The van der Waals surface area contributed by atoms with E-state index >= 15 is 0 Å². The van der Waals surface area contributed by atoms with E-state index in [1.165, 1.54) is 24.1 Å². The summed E-state index contributed by atoms with van der Waals surface area (Å²) >= 11 is 23.3. The first-order chi connectivity index (χ1) is 29.6. The number of thiol groups is 5. The van der Waals surface area contributed by atoms with Crippen LogP contribution in [0.4, 0.5) is 45.5 Å². The van der Waals surface area contributed by atoms with Gasteiger partial charge in [0.2, 0.25) is 0 Å². The number of aromatic hydroxyl groups is 1. The first-order valence-corrected chi connectivity index (χ1v) is 23.1. The number of hydrogen-bond donors (Lipinski definition) is 10. The van der Waals surface area contributed by atoms with Crippen molar-refractivity contribution in [2.24, 2.45) is 25.4 Å². The maximum absolute atomic E-state index is 12.5. The number of azo groups is 2. The summed E-state index contributed by atoms with van der Waals surface area (Å²) in [5.74, 6) is 0.139. The van der Waals surface area contributed by atoms with E-state index in [4.69, 9.17) is 11.5 Å². The molecule has 0 bridgehead atoms. The molecule has 7 N–H and O–H groups in total. The van der Waals surface area contributed by atoms with Crippen LogP contribution in [0.15, 0.2) is 158 Å². The fourth-order valence-corrected chi connectivity index (χ4v) is 9.52. The Hall–Kier alpha value is -4.86. The van der Waals surface area contributed by atoms with E-state index in [-0.39, 0.29) is 22.9 Å². The lowest BCUT2D eigenvalue weighted by atomic mass is 10.0. The van der Waals surface area contributed by atoms with E-state index in [0.717, 1.165) is 54.1 Å². The molecule has 7 rings (SSSR count). The van der Waals surface area contributed by atoms with Crippen molar-refractivity contribution in [2.45, 2.75) is 43.2 Å². The van der Waals surface area contributed by atoms with Gasteiger partial charge in [0.1, 0.15) is 17.1 Å². The molecule has 62 heavy (non-hydrogen) atoms. The summed E-state index contributed by atoms with van der Waals surface area (Å²) in [6, 6.07) is 30.6. The van der Waals surface area contributed by atoms with Gasteiger partial charge in [0.25, 0.3) is 0 Å². The van der Waals surface area contributed by atoms with E-state index in [0.29, 0.717) is 48.5 Å². The Kier molecular flexibility index (Phi) is 15.5. The fourth-order valence-electron chi connectivity index (χ4n) is 6.18. The Balaban J connectivity index is 0.000000385. The Morgan fingerprint density at radius 1 is 0.726 bits per heavy atom. The molecular weight excluding hydrogens is 915 g/mol. The smallest absolute Gasteiger partial charge is 0.179 e. The molecule has 19 heteroatoms. The molecule has 7 aromatic carbocycles. The molecule has 0 aliphatic rings. The minimum absolute atomic E-state index is 0.106. The Bertz CT molecular complexity index is 2990. The predicted molar refractivity (Wildman–Crippen MR) is 272 cm³/mol. The highest BCUT2D eigenvalue weighted by atomic mass is 32.2. The van der Waals surface area contributed by atoms with Crippen LogP contribution in [0.25, 0.3) is 21.5 Å². The lowest BCUT2D eigenvalue weighted by molar-refractivity contribution is 0.480. The van der Waals surface area contributed by atoms with E-state index in [2.05, 4.69) is 105 Å². The number of phenols is 1. The molecule has 0 saturated heterocycles. The molecular formula is C43H41N9O3S7. The number of rotatable bonds is 12. The molecule has 0 unspecified atom stereocenters. The zero-order valence-corrected chi connectivity index (χ0v) is 39.2. The standard InChI is InChI=1S/C32H30N8O2S6.C11H11NOS/c1-18-29-19(16-28(45)32(30(29)33)39-37-25-12-11-24(17-26(25)43)48(41,42)14-13-35-46)15-27(44)31(18)38-36-21-7-9-23(10-8-21)47-40-22-5-3-20(34-2)4-6-22;1-6-9-4-7(14)5-11(13)8(9)2-3-10(6)12/h3-12,15-17,35,40,43-46H,2,13-14,33H2,1H3;2-5,13-14H,12H2,1H3. The number of benzene rings is 7. The number of aliphatic imine (C=N–C) groups is 1. The Labute approximate surface area is 391 Å². The molecule has 0 aliphatic heterocycles. The number of aryl methyl sites for hydroxylation is 2. The average Bonchev–Trinajstić information content (AvgIpc) is 3.24. The number of fused-ring (bicyclic) bond motifs is 2. The molecule has 0 fully saturated rings. The number of nitrogens with two attached hydrogens (primary N) is 2. The second kappa shape index (κ2) is 20.5. The number of hydrogen-bond acceptors (Lipinski definition) is 18. The number of anilines is 3. The molecule has 0 aliphatic carbocycles. The van der Waals surface area contributed by atoms with E-state index in [1.807, 2.05) is 86.6 Å². The van der Waals surface area contributed by atoms with E-state index < -0.39 is 9.84 Å². The van der Waals surface area contributed by atoms with Gasteiger partial charge in [0.15, 0.2) is 9.84 Å². The zero-order chi connectivity index (χ0) is 44.7. The topological polar surface area (TPSA) is 192 Å². The molecule has 7 aromatic rings. The van der Waals surface area contributed by atoms with Crippen molar-refractivity contribution in [2.75, 3.05) is 28.5 Å². The SMILES string of the molecule is C=Nc1ccc(NSc2ccc(N=Nc3c(S)cc4cc(S)c(N=Nc5ccc(S(=O)(=O)CCNS)cc5S)c(N)c4c3C)cc2)cc1.Cc1c(N)ccc2c(O)cc(S)cc12. The average molecular weight is 956 g/mol. The Morgan fingerprint density at radius 2 is 1.39 bits per heavy atom. The molecule has 0 amide bonds. The van der Waals surface area contributed by atoms with Gasteiger partial charge in [0, 0.05) is 53.2 Å². The monoisotopic (exact) mass is 955 g/mol. The van der Waals surface area contributed by atoms with Crippen molar-refractivity contribution in [3.8, 4) is 5.75 Å². The van der Waals surface area contributed by atoms with Crippen molar-refractivity contribution in [3.05, 3.63) is 114 Å². The van der Waals surface area contributed by atoms with Gasteiger partial charge in [-0.15, -0.1) is 65.9 Å². The van der Waals surface area contributed by atoms with Crippen molar-refractivity contribution < 1.29 is 13.5 Å². The van der Waals surface area contributed by atoms with Crippen LogP contribution in [-0.2, 0) is 9.84 Å². The number of nitrogens with one attached hydrogen (secondary N) is 2. The van der Waals surface area contributed by atoms with Crippen LogP contribution in [0, 0.1) is 13.8 Å². The summed E-state index contributed by atoms with van der Waals surface area (Å²) in [6.07, 6.45) is 0. The third kappa shape index (κ3) is 11.0.